The molecule has 1 heterocycles. The molecule has 0 aliphatic rings. The van der Waals surface area contributed by atoms with E-state index in [1.807, 2.05) is 0 Å². The molecule has 2 rings (SSSR count). The minimum Gasteiger partial charge on any atom is -0.320 e. The summed E-state index contributed by atoms with van der Waals surface area (Å²) in [6.45, 7) is 0.118. The van der Waals surface area contributed by atoms with Crippen molar-refractivity contribution in [2.45, 2.75) is 31.2 Å². The topological polar surface area (TPSA) is 17.8 Å². The quantitative estimate of drug-likeness (QED) is 0.560. The third kappa shape index (κ3) is 3.08. The predicted octanol–water partition coefficient (Wildman–Crippen LogP) is 5.03. The lowest BCUT2D eigenvalue weighted by Crippen LogP contribution is -2.32. The van der Waals surface area contributed by atoms with Gasteiger partial charge >= 0.3 is 12.3 Å². The number of alkyl halides is 5. The average Bonchev–Trinajstić information content (AvgIpc) is 2.68. The first kappa shape index (κ1) is 16.3. The highest BCUT2D eigenvalue weighted by molar-refractivity contribution is 6.31. The van der Waals surface area contributed by atoms with Gasteiger partial charge in [-0.25, -0.2) is 18.2 Å². The lowest BCUT2D eigenvalue weighted by atomic mass is 10.3. The number of nitrogens with zero attached hydrogens (tertiary/aromatic N) is 2. The van der Waals surface area contributed by atoms with Gasteiger partial charge in [0, 0.05) is 6.07 Å². The minimum absolute atomic E-state index is 0.0178. The molecule has 0 N–H and O–H groups in total. The first-order valence-corrected chi connectivity index (χ1v) is 6.60. The summed E-state index contributed by atoms with van der Waals surface area (Å²) in [5, 5.41) is -1.15. The molecule has 1 aromatic carbocycles. The number of imidazole rings is 1. The smallest absolute Gasteiger partial charge is 0.320 e. The summed E-state index contributed by atoms with van der Waals surface area (Å²) in [6.07, 6.45) is -3.84. The Morgan fingerprint density at radius 1 is 1.33 bits per heavy atom. The SMILES string of the molecule is CC(Cl)c1nc2cc(F)c(Cl)cc2n1CC(F)(F)C(F)F. The first-order valence-electron chi connectivity index (χ1n) is 5.78. The van der Waals surface area contributed by atoms with Crippen LogP contribution in [0.5, 0.6) is 0 Å². The fraction of sp³-hybridized carbons (Fsp3) is 0.417. The highest BCUT2D eigenvalue weighted by Crippen LogP contribution is 2.32. The molecule has 1 unspecified atom stereocenters. The molecule has 116 valence electrons. The number of rotatable bonds is 4. The molecular formula is C12H9Cl2F5N2. The summed E-state index contributed by atoms with van der Waals surface area (Å²) >= 11 is 11.4. The van der Waals surface area contributed by atoms with Gasteiger partial charge in [0.05, 0.1) is 28.0 Å². The highest BCUT2D eigenvalue weighted by atomic mass is 35.5. The van der Waals surface area contributed by atoms with Crippen LogP contribution in [0.25, 0.3) is 11.0 Å². The largest absolute Gasteiger partial charge is 0.324 e. The average molecular weight is 347 g/mol. The zero-order chi connectivity index (χ0) is 15.9. The number of hydrogen-bond acceptors (Lipinski definition) is 1. The van der Waals surface area contributed by atoms with Crippen molar-refractivity contribution in [1.82, 2.24) is 9.55 Å². The van der Waals surface area contributed by atoms with Crippen molar-refractivity contribution in [1.29, 1.82) is 0 Å². The zero-order valence-corrected chi connectivity index (χ0v) is 12.1. The van der Waals surface area contributed by atoms with E-state index >= 15 is 0 Å². The number of aromatic nitrogens is 2. The second-order valence-corrected chi connectivity index (χ2v) is 5.55. The Kier molecular flexibility index (Phi) is 4.35. The number of hydrogen-bond donors (Lipinski definition) is 0. The van der Waals surface area contributed by atoms with Crippen LogP contribution >= 0.6 is 23.2 Å². The van der Waals surface area contributed by atoms with E-state index in [0.717, 1.165) is 16.7 Å². The molecule has 1 atom stereocenters. The Hall–Kier alpha value is -1.08. The van der Waals surface area contributed by atoms with Gasteiger partial charge in [0.2, 0.25) is 0 Å². The molecule has 0 aliphatic heterocycles. The van der Waals surface area contributed by atoms with E-state index in [-0.39, 0.29) is 21.9 Å². The molecule has 9 heteroatoms. The number of fused-ring (bicyclic) bond motifs is 1. The van der Waals surface area contributed by atoms with Crippen molar-refractivity contribution in [3.63, 3.8) is 0 Å². The third-order valence-corrected chi connectivity index (χ3v) is 3.35. The molecule has 0 spiro atoms. The van der Waals surface area contributed by atoms with E-state index in [9.17, 15) is 22.0 Å². The van der Waals surface area contributed by atoms with E-state index in [0.29, 0.717) is 0 Å². The van der Waals surface area contributed by atoms with E-state index in [4.69, 9.17) is 23.2 Å². The zero-order valence-electron chi connectivity index (χ0n) is 10.6. The van der Waals surface area contributed by atoms with Crippen molar-refractivity contribution < 1.29 is 22.0 Å². The van der Waals surface area contributed by atoms with Gasteiger partial charge in [-0.15, -0.1) is 11.6 Å². The molecule has 0 bridgehead atoms. The Bertz CT molecular complexity index is 669. The van der Waals surface area contributed by atoms with Gasteiger partial charge in [0.1, 0.15) is 11.6 Å². The van der Waals surface area contributed by atoms with Gasteiger partial charge in [0.25, 0.3) is 0 Å². The van der Waals surface area contributed by atoms with Crippen LogP contribution in [0.3, 0.4) is 0 Å². The van der Waals surface area contributed by atoms with Crippen LogP contribution in [0.15, 0.2) is 12.1 Å². The molecular weight excluding hydrogens is 338 g/mol. The summed E-state index contributed by atoms with van der Waals surface area (Å²) in [7, 11) is 0. The fourth-order valence-corrected chi connectivity index (χ4v) is 2.21. The van der Waals surface area contributed by atoms with Crippen molar-refractivity contribution in [2.75, 3.05) is 0 Å². The van der Waals surface area contributed by atoms with E-state index in [1.165, 1.54) is 6.92 Å². The van der Waals surface area contributed by atoms with Gasteiger partial charge in [-0.05, 0) is 13.0 Å². The van der Waals surface area contributed by atoms with E-state index in [2.05, 4.69) is 4.98 Å². The van der Waals surface area contributed by atoms with Crippen LogP contribution in [-0.4, -0.2) is 21.9 Å². The maximum atomic E-state index is 13.4. The van der Waals surface area contributed by atoms with Crippen molar-refractivity contribution in [2.24, 2.45) is 0 Å². The maximum absolute atomic E-state index is 13.4. The summed E-state index contributed by atoms with van der Waals surface area (Å²) in [5.74, 6) is -5.12. The van der Waals surface area contributed by atoms with Gasteiger partial charge < -0.3 is 4.57 Å². The van der Waals surface area contributed by atoms with Crippen molar-refractivity contribution >= 4 is 34.2 Å². The second-order valence-electron chi connectivity index (χ2n) is 4.49. The Balaban J connectivity index is 2.64. The molecule has 0 amide bonds. The van der Waals surface area contributed by atoms with Crippen LogP contribution in [0.2, 0.25) is 5.02 Å². The Morgan fingerprint density at radius 2 is 1.95 bits per heavy atom. The van der Waals surface area contributed by atoms with Crippen LogP contribution in [0.4, 0.5) is 22.0 Å². The van der Waals surface area contributed by atoms with Crippen molar-refractivity contribution in [3.05, 3.63) is 28.8 Å². The Labute approximate surface area is 126 Å². The molecule has 0 saturated heterocycles. The predicted molar refractivity (Wildman–Crippen MR) is 69.9 cm³/mol. The monoisotopic (exact) mass is 346 g/mol. The van der Waals surface area contributed by atoms with Gasteiger partial charge in [-0.2, -0.15) is 8.78 Å². The van der Waals surface area contributed by atoms with Crippen LogP contribution < -0.4 is 0 Å². The van der Waals surface area contributed by atoms with Gasteiger partial charge in [0.15, 0.2) is 0 Å². The maximum Gasteiger partial charge on any atom is 0.324 e. The first-order chi connectivity index (χ1) is 9.63. The van der Waals surface area contributed by atoms with Crippen LogP contribution in [0.1, 0.15) is 18.1 Å². The second kappa shape index (κ2) is 5.61. The molecule has 0 aliphatic carbocycles. The van der Waals surface area contributed by atoms with Crippen LogP contribution in [-0.2, 0) is 6.54 Å². The molecule has 1 aromatic heterocycles. The lowest BCUT2D eigenvalue weighted by molar-refractivity contribution is -0.137. The normalized spacial score (nSPS) is 14.1. The number of halogens is 7. The summed E-state index contributed by atoms with van der Waals surface area (Å²) in [6, 6.07) is 2.00. The molecule has 0 radical (unpaired) electrons. The third-order valence-electron chi connectivity index (χ3n) is 2.86. The van der Waals surface area contributed by atoms with Crippen molar-refractivity contribution in [3.8, 4) is 0 Å². The summed E-state index contributed by atoms with van der Waals surface area (Å²) in [5.41, 5.74) is 0.0358. The number of benzene rings is 1. The minimum atomic E-state index is -4.27. The molecule has 2 aromatic rings. The fourth-order valence-electron chi connectivity index (χ4n) is 1.89. The molecule has 21 heavy (non-hydrogen) atoms. The molecule has 0 fully saturated rings. The van der Waals surface area contributed by atoms with Gasteiger partial charge in [-0.3, -0.25) is 0 Å². The summed E-state index contributed by atoms with van der Waals surface area (Å²) < 4.78 is 65.6. The van der Waals surface area contributed by atoms with E-state index < -0.39 is 30.1 Å². The molecule has 0 saturated carbocycles. The van der Waals surface area contributed by atoms with Crippen LogP contribution in [0, 0.1) is 5.82 Å². The highest BCUT2D eigenvalue weighted by Gasteiger charge is 2.42. The van der Waals surface area contributed by atoms with E-state index in [1.54, 1.807) is 0 Å². The molecule has 2 nitrogen and oxygen atoms in total. The Morgan fingerprint density at radius 3 is 2.48 bits per heavy atom. The summed E-state index contributed by atoms with van der Waals surface area (Å²) in [4.78, 5) is 3.91. The van der Waals surface area contributed by atoms with Gasteiger partial charge in [-0.1, -0.05) is 11.6 Å². The lowest BCUT2D eigenvalue weighted by Gasteiger charge is -2.18. The standard InChI is InChI=1S/C12H9Cl2F5N2/c1-5(13)10-20-8-3-7(15)6(14)2-9(8)21(10)4-12(18,19)11(16)17/h2-3,5,11H,4H2,1H3.